The molecule has 0 saturated heterocycles. The third-order valence-corrected chi connectivity index (χ3v) is 4.45. The van der Waals surface area contributed by atoms with Gasteiger partial charge in [-0.25, -0.2) is 4.98 Å². The van der Waals surface area contributed by atoms with Gasteiger partial charge in [0.05, 0.1) is 25.2 Å². The number of hydrogen-bond acceptors (Lipinski definition) is 4. The van der Waals surface area contributed by atoms with Crippen molar-refractivity contribution in [2.24, 2.45) is 7.05 Å². The lowest BCUT2D eigenvalue weighted by Gasteiger charge is -2.04. The number of nitrogens with zero attached hydrogens (tertiary/aromatic N) is 2. The van der Waals surface area contributed by atoms with E-state index in [-0.39, 0.29) is 6.61 Å². The predicted octanol–water partition coefficient (Wildman–Crippen LogP) is 3.85. The second-order valence-electron chi connectivity index (χ2n) is 6.10. The summed E-state index contributed by atoms with van der Waals surface area (Å²) < 4.78 is 13.2. The molecule has 0 fully saturated rings. The van der Waals surface area contributed by atoms with Crippen molar-refractivity contribution in [3.05, 3.63) is 60.6 Å². The van der Waals surface area contributed by atoms with Gasteiger partial charge in [0.1, 0.15) is 23.6 Å². The number of methoxy groups -OCH3 is 1. The average molecular weight is 358 g/mol. The number of benzene rings is 2. The molecule has 0 amide bonds. The molecule has 0 spiro atoms. The predicted molar refractivity (Wildman–Crippen MR) is 104 cm³/mol. The first kappa shape index (κ1) is 17.0. The van der Waals surface area contributed by atoms with E-state index in [0.717, 1.165) is 39.1 Å². The molecule has 0 atom stereocenters. The Morgan fingerprint density at radius 3 is 2.59 bits per heavy atom. The monoisotopic (exact) mass is 358 g/mol. The van der Waals surface area contributed by atoms with E-state index in [9.17, 15) is 0 Å². The second kappa shape index (κ2) is 7.02. The van der Waals surface area contributed by atoms with Crippen molar-refractivity contribution in [1.29, 1.82) is 0 Å². The number of furan rings is 1. The standard InChI is InChI=1S/C22H18N2O3/c1-24-14-23-13-20(24)22-18(4-3-11-25)19-12-16(7-10-21(19)27-22)15-5-8-17(26-2)9-6-15/h5-10,12-14,25H,11H2,1-2H3. The van der Waals surface area contributed by atoms with Crippen LogP contribution in [0.3, 0.4) is 0 Å². The Morgan fingerprint density at radius 2 is 1.93 bits per heavy atom. The minimum Gasteiger partial charge on any atom is -0.497 e. The molecule has 0 radical (unpaired) electrons. The number of imidazole rings is 1. The van der Waals surface area contributed by atoms with Crippen LogP contribution in [0, 0.1) is 11.8 Å². The molecule has 1 N–H and O–H groups in total. The fourth-order valence-corrected chi connectivity index (χ4v) is 3.07. The van der Waals surface area contributed by atoms with Crippen molar-refractivity contribution in [2.75, 3.05) is 13.7 Å². The summed E-state index contributed by atoms with van der Waals surface area (Å²) in [5, 5.41) is 10.1. The zero-order valence-electron chi connectivity index (χ0n) is 15.1. The number of rotatable bonds is 3. The summed E-state index contributed by atoms with van der Waals surface area (Å²) in [5.41, 5.74) is 4.44. The Hall–Kier alpha value is -3.49. The van der Waals surface area contributed by atoms with Crippen molar-refractivity contribution < 1.29 is 14.3 Å². The van der Waals surface area contributed by atoms with Crippen LogP contribution in [0.5, 0.6) is 5.75 Å². The first-order valence-corrected chi connectivity index (χ1v) is 8.48. The van der Waals surface area contributed by atoms with Crippen molar-refractivity contribution in [3.8, 4) is 40.2 Å². The maximum atomic E-state index is 9.16. The van der Waals surface area contributed by atoms with Gasteiger partial charge in [-0.3, -0.25) is 0 Å². The number of hydrogen-bond donors (Lipinski definition) is 1. The van der Waals surface area contributed by atoms with Gasteiger partial charge in [-0.15, -0.1) is 0 Å². The molecule has 4 rings (SSSR count). The molecule has 134 valence electrons. The van der Waals surface area contributed by atoms with Crippen molar-refractivity contribution in [2.45, 2.75) is 0 Å². The van der Waals surface area contributed by atoms with Gasteiger partial charge >= 0.3 is 0 Å². The molecule has 0 saturated carbocycles. The molecule has 2 aromatic heterocycles. The van der Waals surface area contributed by atoms with Crippen LogP contribution in [-0.2, 0) is 7.05 Å². The topological polar surface area (TPSA) is 60.4 Å². The van der Waals surface area contributed by atoms with Gasteiger partial charge in [-0.05, 0) is 35.4 Å². The van der Waals surface area contributed by atoms with E-state index in [1.807, 2.05) is 48.0 Å². The molecule has 27 heavy (non-hydrogen) atoms. The molecule has 0 bridgehead atoms. The lowest BCUT2D eigenvalue weighted by molar-refractivity contribution is 0.350. The third kappa shape index (κ3) is 3.07. The molecule has 0 aliphatic heterocycles. The quantitative estimate of drug-likeness (QED) is 0.565. The van der Waals surface area contributed by atoms with E-state index in [2.05, 4.69) is 22.9 Å². The normalized spacial score (nSPS) is 10.6. The van der Waals surface area contributed by atoms with Gasteiger partial charge in [-0.1, -0.05) is 30.0 Å². The Labute approximate surface area is 156 Å². The molecule has 0 unspecified atom stereocenters. The minimum absolute atomic E-state index is 0.213. The number of aliphatic hydroxyl groups is 1. The summed E-state index contributed by atoms with van der Waals surface area (Å²) >= 11 is 0. The van der Waals surface area contributed by atoms with E-state index in [0.29, 0.717) is 5.76 Å². The van der Waals surface area contributed by atoms with Crippen LogP contribution >= 0.6 is 0 Å². The molecule has 4 aromatic rings. The first-order chi connectivity index (χ1) is 13.2. The molecule has 2 heterocycles. The molecule has 0 aliphatic rings. The van der Waals surface area contributed by atoms with Gasteiger partial charge < -0.3 is 18.8 Å². The fourth-order valence-electron chi connectivity index (χ4n) is 3.07. The minimum atomic E-state index is -0.213. The van der Waals surface area contributed by atoms with E-state index < -0.39 is 0 Å². The van der Waals surface area contributed by atoms with Crippen LogP contribution in [0.2, 0.25) is 0 Å². The number of fused-ring (bicyclic) bond motifs is 1. The largest absolute Gasteiger partial charge is 0.497 e. The molecular weight excluding hydrogens is 340 g/mol. The maximum Gasteiger partial charge on any atom is 0.169 e. The lowest BCUT2D eigenvalue weighted by Crippen LogP contribution is -1.90. The summed E-state index contributed by atoms with van der Waals surface area (Å²) in [4.78, 5) is 4.16. The Morgan fingerprint density at radius 1 is 1.15 bits per heavy atom. The highest BCUT2D eigenvalue weighted by molar-refractivity contribution is 5.93. The fraction of sp³-hybridized carbons (Fsp3) is 0.136. The lowest BCUT2D eigenvalue weighted by atomic mass is 10.0. The SMILES string of the molecule is COc1ccc(-c2ccc3oc(-c4cncn4C)c(C#CCO)c3c2)cc1. The van der Waals surface area contributed by atoms with E-state index >= 15 is 0 Å². The van der Waals surface area contributed by atoms with Crippen LogP contribution in [0.25, 0.3) is 33.6 Å². The van der Waals surface area contributed by atoms with Crippen LogP contribution in [0.4, 0.5) is 0 Å². The van der Waals surface area contributed by atoms with E-state index in [1.165, 1.54) is 0 Å². The van der Waals surface area contributed by atoms with Crippen LogP contribution in [-0.4, -0.2) is 28.4 Å². The maximum absolute atomic E-state index is 9.16. The van der Waals surface area contributed by atoms with Gasteiger partial charge in [0, 0.05) is 12.4 Å². The highest BCUT2D eigenvalue weighted by Crippen LogP contribution is 2.35. The Kier molecular flexibility index (Phi) is 4.41. The smallest absolute Gasteiger partial charge is 0.169 e. The highest BCUT2D eigenvalue weighted by Gasteiger charge is 2.17. The van der Waals surface area contributed by atoms with Gasteiger partial charge in [0.25, 0.3) is 0 Å². The van der Waals surface area contributed by atoms with E-state index in [4.69, 9.17) is 14.3 Å². The number of ether oxygens (including phenoxy) is 1. The zero-order chi connectivity index (χ0) is 18.8. The van der Waals surface area contributed by atoms with Gasteiger partial charge in [-0.2, -0.15) is 0 Å². The summed E-state index contributed by atoms with van der Waals surface area (Å²) in [6, 6.07) is 13.9. The molecule has 5 heteroatoms. The van der Waals surface area contributed by atoms with Crippen LogP contribution in [0.1, 0.15) is 5.56 Å². The van der Waals surface area contributed by atoms with Crippen LogP contribution in [0.15, 0.2) is 59.4 Å². The van der Waals surface area contributed by atoms with Crippen molar-refractivity contribution >= 4 is 11.0 Å². The number of aromatic nitrogens is 2. The summed E-state index contributed by atoms with van der Waals surface area (Å²) in [7, 11) is 3.56. The Balaban J connectivity index is 1.90. The van der Waals surface area contributed by atoms with Gasteiger partial charge in [0.15, 0.2) is 5.76 Å². The average Bonchev–Trinajstić information content (AvgIpc) is 3.28. The zero-order valence-corrected chi connectivity index (χ0v) is 15.1. The molecular formula is C22H18N2O3. The van der Waals surface area contributed by atoms with Crippen molar-refractivity contribution in [1.82, 2.24) is 9.55 Å². The summed E-state index contributed by atoms with van der Waals surface area (Å²) in [6.45, 7) is -0.213. The highest BCUT2D eigenvalue weighted by atomic mass is 16.5. The molecule has 5 nitrogen and oxygen atoms in total. The number of aryl methyl sites for hydroxylation is 1. The van der Waals surface area contributed by atoms with Crippen molar-refractivity contribution in [3.63, 3.8) is 0 Å². The molecule has 0 aliphatic carbocycles. The first-order valence-electron chi connectivity index (χ1n) is 8.48. The van der Waals surface area contributed by atoms with Gasteiger partial charge in [0.2, 0.25) is 0 Å². The Bertz CT molecular complexity index is 1160. The summed E-state index contributed by atoms with van der Waals surface area (Å²) in [5.74, 6) is 7.25. The second-order valence-corrected chi connectivity index (χ2v) is 6.10. The van der Waals surface area contributed by atoms with Crippen LogP contribution < -0.4 is 4.74 Å². The van der Waals surface area contributed by atoms with E-state index in [1.54, 1.807) is 19.6 Å². The third-order valence-electron chi connectivity index (χ3n) is 4.45. The summed E-state index contributed by atoms with van der Waals surface area (Å²) in [6.07, 6.45) is 3.46. The molecule has 2 aromatic carbocycles. The number of aliphatic hydroxyl groups excluding tert-OH is 1.